The van der Waals surface area contributed by atoms with E-state index in [-0.39, 0.29) is 11.7 Å². The second kappa shape index (κ2) is 3.89. The molecule has 78 valence electrons. The van der Waals surface area contributed by atoms with Crippen LogP contribution in [0.25, 0.3) is 0 Å². The van der Waals surface area contributed by atoms with Gasteiger partial charge in [-0.15, -0.1) is 0 Å². The Labute approximate surface area is 89.6 Å². The lowest BCUT2D eigenvalue weighted by Crippen LogP contribution is -2.08. The minimum atomic E-state index is 0.110. The van der Waals surface area contributed by atoms with E-state index in [0.717, 1.165) is 16.9 Å². The number of rotatable bonds is 2. The molecule has 0 bridgehead atoms. The van der Waals surface area contributed by atoms with Gasteiger partial charge in [0, 0.05) is 11.5 Å². The van der Waals surface area contributed by atoms with E-state index in [4.69, 9.17) is 4.74 Å². The van der Waals surface area contributed by atoms with Gasteiger partial charge < -0.3 is 4.74 Å². The van der Waals surface area contributed by atoms with E-state index < -0.39 is 0 Å². The zero-order valence-corrected chi connectivity index (χ0v) is 8.99. The fourth-order valence-corrected chi connectivity index (χ4v) is 2.06. The summed E-state index contributed by atoms with van der Waals surface area (Å²) in [6.45, 7) is 4.05. The third-order valence-electron chi connectivity index (χ3n) is 2.78. The molecule has 0 amide bonds. The van der Waals surface area contributed by atoms with Gasteiger partial charge in [0.15, 0.2) is 5.78 Å². The van der Waals surface area contributed by atoms with Crippen molar-refractivity contribution >= 4 is 5.78 Å². The molecule has 0 N–H and O–H groups in total. The van der Waals surface area contributed by atoms with Crippen molar-refractivity contribution in [3.63, 3.8) is 0 Å². The highest BCUT2D eigenvalue weighted by molar-refractivity contribution is 5.95. The Hall–Kier alpha value is -1.57. The van der Waals surface area contributed by atoms with Gasteiger partial charge in [-0.3, -0.25) is 4.79 Å². The summed E-state index contributed by atoms with van der Waals surface area (Å²) in [6, 6.07) is 10.0. The lowest BCUT2D eigenvalue weighted by Gasteiger charge is -2.10. The lowest BCUT2D eigenvalue weighted by molar-refractivity contribution is -0.113. The second-order valence-electron chi connectivity index (χ2n) is 3.80. The molecule has 0 aromatic heterocycles. The maximum Gasteiger partial charge on any atom is 0.159 e. The molecule has 1 aliphatic heterocycles. The summed E-state index contributed by atoms with van der Waals surface area (Å²) in [5.74, 6) is 0.999. The van der Waals surface area contributed by atoms with Crippen LogP contribution in [0.5, 0.6) is 0 Å². The lowest BCUT2D eigenvalue weighted by atomic mass is 9.90. The third kappa shape index (κ3) is 1.80. The maximum atomic E-state index is 11.5. The summed E-state index contributed by atoms with van der Waals surface area (Å²) >= 11 is 0. The third-order valence-corrected chi connectivity index (χ3v) is 2.78. The molecular formula is C13H14O2. The van der Waals surface area contributed by atoms with E-state index in [2.05, 4.69) is 0 Å². The zero-order valence-electron chi connectivity index (χ0n) is 8.99. The Morgan fingerprint density at radius 2 is 2.00 bits per heavy atom. The molecule has 0 radical (unpaired) electrons. The van der Waals surface area contributed by atoms with E-state index in [0.29, 0.717) is 6.61 Å². The molecule has 0 saturated heterocycles. The highest BCUT2D eigenvalue weighted by Gasteiger charge is 2.29. The van der Waals surface area contributed by atoms with Gasteiger partial charge in [0.2, 0.25) is 0 Å². The molecule has 2 heteroatoms. The highest BCUT2D eigenvalue weighted by atomic mass is 16.5. The van der Waals surface area contributed by atoms with Crippen LogP contribution < -0.4 is 0 Å². The SMILES string of the molecule is CC(=O)C1=C(C)OCC1c1ccccc1. The number of ether oxygens (including phenoxy) is 1. The maximum absolute atomic E-state index is 11.5. The molecule has 0 spiro atoms. The molecule has 1 aromatic rings. The summed E-state index contributed by atoms with van der Waals surface area (Å²) in [5.41, 5.74) is 1.97. The predicted octanol–water partition coefficient (Wildman–Crippen LogP) is 2.66. The zero-order chi connectivity index (χ0) is 10.8. The molecule has 1 heterocycles. The van der Waals surface area contributed by atoms with Crippen LogP contribution in [0.4, 0.5) is 0 Å². The van der Waals surface area contributed by atoms with E-state index in [9.17, 15) is 4.79 Å². The fraction of sp³-hybridized carbons (Fsp3) is 0.308. The smallest absolute Gasteiger partial charge is 0.159 e. The van der Waals surface area contributed by atoms with Crippen LogP contribution in [-0.2, 0) is 9.53 Å². The average molecular weight is 202 g/mol. The normalized spacial score (nSPS) is 20.3. The van der Waals surface area contributed by atoms with Crippen molar-refractivity contribution in [2.45, 2.75) is 19.8 Å². The van der Waals surface area contributed by atoms with Crippen LogP contribution >= 0.6 is 0 Å². The van der Waals surface area contributed by atoms with Crippen LogP contribution in [0.2, 0.25) is 0 Å². The Balaban J connectivity index is 2.37. The summed E-state index contributed by atoms with van der Waals surface area (Å²) in [6.07, 6.45) is 0. The summed E-state index contributed by atoms with van der Waals surface area (Å²) in [4.78, 5) is 11.5. The average Bonchev–Trinajstić information content (AvgIpc) is 2.61. The van der Waals surface area contributed by atoms with Gasteiger partial charge in [-0.25, -0.2) is 0 Å². The minimum Gasteiger partial charge on any atom is -0.497 e. The number of allylic oxidation sites excluding steroid dienone is 1. The molecule has 2 nitrogen and oxygen atoms in total. The molecule has 1 aromatic carbocycles. The van der Waals surface area contributed by atoms with Crippen molar-refractivity contribution in [2.75, 3.05) is 6.61 Å². The highest BCUT2D eigenvalue weighted by Crippen LogP contribution is 2.33. The predicted molar refractivity (Wildman–Crippen MR) is 58.5 cm³/mol. The molecule has 0 aliphatic carbocycles. The first-order valence-corrected chi connectivity index (χ1v) is 5.09. The van der Waals surface area contributed by atoms with Crippen LogP contribution in [0.15, 0.2) is 41.7 Å². The molecule has 15 heavy (non-hydrogen) atoms. The summed E-state index contributed by atoms with van der Waals surface area (Å²) in [7, 11) is 0. The van der Waals surface area contributed by atoms with Gasteiger partial charge >= 0.3 is 0 Å². The largest absolute Gasteiger partial charge is 0.497 e. The Morgan fingerprint density at radius 1 is 1.33 bits per heavy atom. The van der Waals surface area contributed by atoms with Crippen LogP contribution in [0.3, 0.4) is 0 Å². The van der Waals surface area contributed by atoms with Crippen molar-refractivity contribution in [3.05, 3.63) is 47.2 Å². The number of carbonyl (C=O) groups excluding carboxylic acids is 1. The number of hydrogen-bond acceptors (Lipinski definition) is 2. The molecule has 1 unspecified atom stereocenters. The van der Waals surface area contributed by atoms with Gasteiger partial charge in [-0.2, -0.15) is 0 Å². The fourth-order valence-electron chi connectivity index (χ4n) is 2.06. The Kier molecular flexibility index (Phi) is 2.58. The molecule has 1 atom stereocenters. The Bertz CT molecular complexity index is 404. The number of Topliss-reactive ketones (excluding diaryl/α,β-unsaturated/α-hetero) is 1. The first-order chi connectivity index (χ1) is 7.20. The van der Waals surface area contributed by atoms with Gasteiger partial charge in [0.25, 0.3) is 0 Å². The van der Waals surface area contributed by atoms with Gasteiger partial charge in [-0.05, 0) is 19.4 Å². The minimum absolute atomic E-state index is 0.110. The monoisotopic (exact) mass is 202 g/mol. The van der Waals surface area contributed by atoms with E-state index in [1.54, 1.807) is 6.92 Å². The van der Waals surface area contributed by atoms with Gasteiger partial charge in [0.1, 0.15) is 5.76 Å². The standard InChI is InChI=1S/C13H14O2/c1-9(14)13-10(2)15-8-12(13)11-6-4-3-5-7-11/h3-7,12H,8H2,1-2H3. The first kappa shape index (κ1) is 9.97. The number of ketones is 1. The number of hydrogen-bond donors (Lipinski definition) is 0. The first-order valence-electron chi connectivity index (χ1n) is 5.09. The van der Waals surface area contributed by atoms with Gasteiger partial charge in [0.05, 0.1) is 6.61 Å². The quantitative estimate of drug-likeness (QED) is 0.737. The van der Waals surface area contributed by atoms with Gasteiger partial charge in [-0.1, -0.05) is 30.3 Å². The molecule has 1 aliphatic rings. The van der Waals surface area contributed by atoms with Crippen molar-refractivity contribution < 1.29 is 9.53 Å². The van der Waals surface area contributed by atoms with Crippen LogP contribution in [0.1, 0.15) is 25.3 Å². The molecule has 2 rings (SSSR count). The summed E-state index contributed by atoms with van der Waals surface area (Å²) in [5, 5.41) is 0. The number of carbonyl (C=O) groups is 1. The van der Waals surface area contributed by atoms with Crippen LogP contribution in [0, 0.1) is 0 Å². The topological polar surface area (TPSA) is 26.3 Å². The van der Waals surface area contributed by atoms with E-state index >= 15 is 0 Å². The Morgan fingerprint density at radius 3 is 2.60 bits per heavy atom. The van der Waals surface area contributed by atoms with Crippen LogP contribution in [-0.4, -0.2) is 12.4 Å². The summed E-state index contributed by atoms with van der Waals surface area (Å²) < 4.78 is 5.45. The van der Waals surface area contributed by atoms with Crippen molar-refractivity contribution in [3.8, 4) is 0 Å². The van der Waals surface area contributed by atoms with E-state index in [1.807, 2.05) is 37.3 Å². The molecule has 0 fully saturated rings. The van der Waals surface area contributed by atoms with Crippen molar-refractivity contribution in [2.24, 2.45) is 0 Å². The molecule has 0 saturated carbocycles. The van der Waals surface area contributed by atoms with Crippen molar-refractivity contribution in [1.82, 2.24) is 0 Å². The van der Waals surface area contributed by atoms with Crippen molar-refractivity contribution in [1.29, 1.82) is 0 Å². The van der Waals surface area contributed by atoms with E-state index in [1.165, 1.54) is 0 Å². The second-order valence-corrected chi connectivity index (χ2v) is 3.80. The number of benzene rings is 1. The molecular weight excluding hydrogens is 188 g/mol.